The average Bonchev–Trinajstić information content (AvgIpc) is 2.46. The number of hydrogen-bond donors (Lipinski definition) is 2. The molecule has 1 aliphatic carbocycles. The number of piperidine rings is 1. The van der Waals surface area contributed by atoms with E-state index in [4.69, 9.17) is 0 Å². The third-order valence-corrected chi connectivity index (χ3v) is 5.39. The summed E-state index contributed by atoms with van der Waals surface area (Å²) >= 11 is 0. The van der Waals surface area contributed by atoms with E-state index in [1.54, 1.807) is 0 Å². The SMILES string of the molecule is CC(C)C(CNC(=O)C1CCC2CCCCC2N1)N(C)C. The van der Waals surface area contributed by atoms with E-state index in [2.05, 4.69) is 43.5 Å². The smallest absolute Gasteiger partial charge is 0.237 e. The maximum Gasteiger partial charge on any atom is 0.237 e. The van der Waals surface area contributed by atoms with Crippen molar-refractivity contribution in [2.75, 3.05) is 20.6 Å². The van der Waals surface area contributed by atoms with Gasteiger partial charge in [0.2, 0.25) is 5.91 Å². The van der Waals surface area contributed by atoms with Gasteiger partial charge in [0, 0.05) is 18.6 Å². The zero-order valence-corrected chi connectivity index (χ0v) is 14.2. The molecule has 2 aliphatic rings. The lowest BCUT2D eigenvalue weighted by atomic mass is 9.77. The largest absolute Gasteiger partial charge is 0.353 e. The summed E-state index contributed by atoms with van der Waals surface area (Å²) in [5.74, 6) is 1.56. The normalized spacial score (nSPS) is 31.0. The summed E-state index contributed by atoms with van der Waals surface area (Å²) in [5, 5.41) is 6.78. The summed E-state index contributed by atoms with van der Waals surface area (Å²) in [6.45, 7) is 5.17. The average molecular weight is 295 g/mol. The number of carbonyl (C=O) groups is 1. The molecule has 0 aromatic heterocycles. The Morgan fingerprint density at radius 2 is 1.90 bits per heavy atom. The van der Waals surface area contributed by atoms with Crippen molar-refractivity contribution in [3.8, 4) is 0 Å². The molecule has 4 heteroatoms. The first-order chi connectivity index (χ1) is 9.99. The molecule has 1 aliphatic heterocycles. The van der Waals surface area contributed by atoms with Crippen LogP contribution in [0.15, 0.2) is 0 Å². The molecule has 0 spiro atoms. The Hall–Kier alpha value is -0.610. The Bertz CT molecular complexity index is 335. The maximum atomic E-state index is 12.4. The summed E-state index contributed by atoms with van der Waals surface area (Å²) in [6, 6.07) is 1.01. The van der Waals surface area contributed by atoms with Crippen LogP contribution in [0.2, 0.25) is 0 Å². The molecule has 1 saturated carbocycles. The zero-order valence-electron chi connectivity index (χ0n) is 14.2. The third-order valence-electron chi connectivity index (χ3n) is 5.39. The van der Waals surface area contributed by atoms with Crippen molar-refractivity contribution in [2.45, 2.75) is 70.5 Å². The molecule has 2 rings (SSSR count). The molecule has 0 bridgehead atoms. The highest BCUT2D eigenvalue weighted by Gasteiger charge is 2.34. The molecular weight excluding hydrogens is 262 g/mol. The molecule has 0 radical (unpaired) electrons. The maximum absolute atomic E-state index is 12.4. The van der Waals surface area contributed by atoms with E-state index in [-0.39, 0.29) is 11.9 Å². The molecule has 4 unspecified atom stereocenters. The number of likely N-dealkylation sites (N-methyl/N-ethyl adjacent to an activating group) is 1. The highest BCUT2D eigenvalue weighted by molar-refractivity contribution is 5.81. The molecule has 1 saturated heterocycles. The summed E-state index contributed by atoms with van der Waals surface area (Å²) in [7, 11) is 4.17. The number of rotatable bonds is 5. The van der Waals surface area contributed by atoms with Gasteiger partial charge in [-0.2, -0.15) is 0 Å². The molecule has 2 N–H and O–H groups in total. The molecule has 0 aromatic rings. The number of amides is 1. The van der Waals surface area contributed by atoms with Gasteiger partial charge in [-0.3, -0.25) is 4.79 Å². The Morgan fingerprint density at radius 3 is 2.57 bits per heavy atom. The number of nitrogens with one attached hydrogen (secondary N) is 2. The molecule has 0 aromatic carbocycles. The van der Waals surface area contributed by atoms with Crippen molar-refractivity contribution in [2.24, 2.45) is 11.8 Å². The standard InChI is InChI=1S/C17H33N3O/c1-12(2)16(20(3)4)11-18-17(21)15-10-9-13-7-5-6-8-14(13)19-15/h12-16,19H,5-11H2,1-4H3,(H,18,21). The van der Waals surface area contributed by atoms with Gasteiger partial charge in [-0.25, -0.2) is 0 Å². The zero-order chi connectivity index (χ0) is 15.4. The lowest BCUT2D eigenvalue weighted by Gasteiger charge is -2.40. The van der Waals surface area contributed by atoms with Crippen molar-refractivity contribution >= 4 is 5.91 Å². The van der Waals surface area contributed by atoms with Gasteiger partial charge < -0.3 is 15.5 Å². The second kappa shape index (κ2) is 7.59. The molecule has 2 fully saturated rings. The van der Waals surface area contributed by atoms with Crippen LogP contribution >= 0.6 is 0 Å². The minimum absolute atomic E-state index is 0.0272. The molecule has 122 valence electrons. The molecule has 4 nitrogen and oxygen atoms in total. The quantitative estimate of drug-likeness (QED) is 0.815. The lowest BCUT2D eigenvalue weighted by molar-refractivity contribution is -0.124. The van der Waals surface area contributed by atoms with Crippen LogP contribution in [-0.2, 0) is 4.79 Å². The van der Waals surface area contributed by atoms with E-state index in [0.717, 1.165) is 18.9 Å². The molecule has 1 heterocycles. The van der Waals surface area contributed by atoms with Crippen LogP contribution in [0, 0.1) is 11.8 Å². The highest BCUT2D eigenvalue weighted by Crippen LogP contribution is 2.32. The van der Waals surface area contributed by atoms with Crippen LogP contribution in [0.1, 0.15) is 52.4 Å². The van der Waals surface area contributed by atoms with Crippen LogP contribution in [0.4, 0.5) is 0 Å². The fourth-order valence-electron chi connectivity index (χ4n) is 4.04. The minimum atomic E-state index is 0.0272. The van der Waals surface area contributed by atoms with Crippen LogP contribution in [0.5, 0.6) is 0 Å². The first-order valence-electron chi connectivity index (χ1n) is 8.69. The monoisotopic (exact) mass is 295 g/mol. The van der Waals surface area contributed by atoms with Gasteiger partial charge in [-0.05, 0) is 51.6 Å². The van der Waals surface area contributed by atoms with Gasteiger partial charge in [-0.15, -0.1) is 0 Å². The first-order valence-corrected chi connectivity index (χ1v) is 8.69. The number of hydrogen-bond acceptors (Lipinski definition) is 3. The fourth-order valence-corrected chi connectivity index (χ4v) is 4.04. The van der Waals surface area contributed by atoms with E-state index in [1.807, 2.05) is 0 Å². The second-order valence-electron chi connectivity index (χ2n) is 7.47. The summed E-state index contributed by atoms with van der Waals surface area (Å²) in [6.07, 6.45) is 7.51. The van der Waals surface area contributed by atoms with Crippen LogP contribution in [0.3, 0.4) is 0 Å². The van der Waals surface area contributed by atoms with Gasteiger partial charge in [0.15, 0.2) is 0 Å². The fraction of sp³-hybridized carbons (Fsp3) is 0.941. The van der Waals surface area contributed by atoms with Gasteiger partial charge in [0.25, 0.3) is 0 Å². The topological polar surface area (TPSA) is 44.4 Å². The van der Waals surface area contributed by atoms with Crippen molar-refractivity contribution in [1.29, 1.82) is 0 Å². The highest BCUT2D eigenvalue weighted by atomic mass is 16.2. The molecule has 1 amide bonds. The van der Waals surface area contributed by atoms with E-state index >= 15 is 0 Å². The van der Waals surface area contributed by atoms with E-state index < -0.39 is 0 Å². The summed E-state index contributed by atoms with van der Waals surface area (Å²) in [5.41, 5.74) is 0. The lowest BCUT2D eigenvalue weighted by Crippen LogP contribution is -2.56. The van der Waals surface area contributed by atoms with Crippen molar-refractivity contribution in [3.63, 3.8) is 0 Å². The Labute approximate surface area is 130 Å². The van der Waals surface area contributed by atoms with E-state index in [1.165, 1.54) is 32.1 Å². The van der Waals surface area contributed by atoms with Crippen molar-refractivity contribution in [3.05, 3.63) is 0 Å². The Balaban J connectivity index is 1.80. The van der Waals surface area contributed by atoms with Crippen molar-refractivity contribution < 1.29 is 4.79 Å². The van der Waals surface area contributed by atoms with Gasteiger partial charge >= 0.3 is 0 Å². The van der Waals surface area contributed by atoms with Crippen LogP contribution < -0.4 is 10.6 Å². The predicted molar refractivity (Wildman–Crippen MR) is 87.2 cm³/mol. The van der Waals surface area contributed by atoms with E-state index in [9.17, 15) is 4.79 Å². The van der Waals surface area contributed by atoms with Gasteiger partial charge in [0.1, 0.15) is 0 Å². The van der Waals surface area contributed by atoms with Crippen molar-refractivity contribution in [1.82, 2.24) is 15.5 Å². The number of fused-ring (bicyclic) bond motifs is 1. The van der Waals surface area contributed by atoms with Crippen LogP contribution in [0.25, 0.3) is 0 Å². The third kappa shape index (κ3) is 4.43. The van der Waals surface area contributed by atoms with Gasteiger partial charge in [-0.1, -0.05) is 26.7 Å². The van der Waals surface area contributed by atoms with Crippen LogP contribution in [-0.4, -0.2) is 49.6 Å². The number of nitrogens with zero attached hydrogens (tertiary/aromatic N) is 1. The molecule has 21 heavy (non-hydrogen) atoms. The predicted octanol–water partition coefficient (Wildman–Crippen LogP) is 2.00. The Morgan fingerprint density at radius 1 is 1.19 bits per heavy atom. The second-order valence-corrected chi connectivity index (χ2v) is 7.47. The summed E-state index contributed by atoms with van der Waals surface area (Å²) < 4.78 is 0. The number of carbonyl (C=O) groups excluding carboxylic acids is 1. The first kappa shape index (κ1) is 16.8. The van der Waals surface area contributed by atoms with Gasteiger partial charge in [0.05, 0.1) is 6.04 Å². The molecule has 4 atom stereocenters. The Kier molecular flexibility index (Phi) is 6.06. The minimum Gasteiger partial charge on any atom is -0.353 e. The summed E-state index contributed by atoms with van der Waals surface area (Å²) in [4.78, 5) is 14.6. The molecular formula is C17H33N3O. The van der Waals surface area contributed by atoms with E-state index in [0.29, 0.717) is 18.0 Å².